The maximum absolute atomic E-state index is 12.7. The molecule has 1 atom stereocenters. The van der Waals surface area contributed by atoms with Gasteiger partial charge in [-0.3, -0.25) is 14.4 Å². The summed E-state index contributed by atoms with van der Waals surface area (Å²) in [6, 6.07) is 0. The molecule has 0 aromatic heterocycles. The van der Waals surface area contributed by atoms with Crippen molar-refractivity contribution in [1.29, 1.82) is 0 Å². The van der Waals surface area contributed by atoms with Gasteiger partial charge in [0.2, 0.25) is 0 Å². The zero-order valence-electron chi connectivity index (χ0n) is 42.1. The molecule has 0 spiro atoms. The second-order valence-electron chi connectivity index (χ2n) is 18.5. The number of hydrogen-bond acceptors (Lipinski definition) is 6. The molecule has 0 aliphatic carbocycles. The third-order valence-electron chi connectivity index (χ3n) is 12.1. The fourth-order valence-corrected chi connectivity index (χ4v) is 7.98. The van der Waals surface area contributed by atoms with E-state index in [0.717, 1.165) is 70.6 Å². The zero-order valence-corrected chi connectivity index (χ0v) is 42.1. The molecule has 0 N–H and O–H groups in total. The van der Waals surface area contributed by atoms with Crippen molar-refractivity contribution >= 4 is 17.9 Å². The van der Waals surface area contributed by atoms with Crippen molar-refractivity contribution in [2.45, 2.75) is 297 Å². The van der Waals surface area contributed by atoms with Gasteiger partial charge in [0, 0.05) is 19.3 Å². The van der Waals surface area contributed by atoms with E-state index in [1.165, 1.54) is 180 Å². The predicted octanol–water partition coefficient (Wildman–Crippen LogP) is 18.1. The van der Waals surface area contributed by atoms with Gasteiger partial charge in [-0.25, -0.2) is 0 Å². The molecule has 0 heterocycles. The lowest BCUT2D eigenvalue weighted by Crippen LogP contribution is -2.30. The van der Waals surface area contributed by atoms with Gasteiger partial charge in [-0.2, -0.15) is 0 Å². The molecule has 0 radical (unpaired) electrons. The number of ether oxygens (including phenoxy) is 3. The van der Waals surface area contributed by atoms with Gasteiger partial charge in [-0.15, -0.1) is 0 Å². The highest BCUT2D eigenvalue weighted by Gasteiger charge is 2.19. The van der Waals surface area contributed by atoms with Gasteiger partial charge in [-0.05, 0) is 57.8 Å². The largest absolute Gasteiger partial charge is 0.462 e. The molecule has 63 heavy (non-hydrogen) atoms. The maximum atomic E-state index is 12.7. The molecule has 1 unspecified atom stereocenters. The van der Waals surface area contributed by atoms with Gasteiger partial charge >= 0.3 is 17.9 Å². The van der Waals surface area contributed by atoms with E-state index in [1.54, 1.807) is 0 Å². The van der Waals surface area contributed by atoms with Crippen molar-refractivity contribution in [2.75, 3.05) is 13.2 Å². The number of rotatable bonds is 50. The van der Waals surface area contributed by atoms with E-state index in [2.05, 4.69) is 57.2 Å². The average Bonchev–Trinajstić information content (AvgIpc) is 3.28. The minimum absolute atomic E-state index is 0.0692. The topological polar surface area (TPSA) is 78.9 Å². The summed E-state index contributed by atoms with van der Waals surface area (Å²) in [7, 11) is 0. The molecule has 0 aromatic carbocycles. The lowest BCUT2D eigenvalue weighted by Gasteiger charge is -2.18. The molecule has 6 nitrogen and oxygen atoms in total. The Morgan fingerprint density at radius 1 is 0.317 bits per heavy atom. The van der Waals surface area contributed by atoms with Crippen molar-refractivity contribution in [3.05, 3.63) is 36.5 Å². The standard InChI is InChI=1S/C57H104O6/c1-4-7-10-13-16-19-21-22-23-24-25-26-27-28-29-30-31-32-33-34-36-38-41-44-47-50-56(59)62-53-54(52-61-55(58)49-46-43-40-37-18-15-12-9-6-3)63-57(60)51-48-45-42-39-35-20-17-14-11-8-5-2/h21-22,24-25,27-28,54H,4-20,23,26,29-53H2,1-3H3/b22-21-,25-24-,28-27-. The number of hydrogen-bond donors (Lipinski definition) is 0. The molecular formula is C57H104O6. The Balaban J connectivity index is 4.15. The minimum atomic E-state index is -0.766. The number of carbonyl (C=O) groups is 3. The summed E-state index contributed by atoms with van der Waals surface area (Å²) < 4.78 is 16.8. The van der Waals surface area contributed by atoms with E-state index in [4.69, 9.17) is 14.2 Å². The van der Waals surface area contributed by atoms with Gasteiger partial charge in [0.1, 0.15) is 13.2 Å². The second kappa shape index (κ2) is 52.3. The van der Waals surface area contributed by atoms with Gasteiger partial charge in [0.15, 0.2) is 6.10 Å². The Bertz CT molecular complexity index is 1060. The van der Waals surface area contributed by atoms with Crippen LogP contribution in [0.4, 0.5) is 0 Å². The summed E-state index contributed by atoms with van der Waals surface area (Å²) in [6.07, 6.45) is 61.4. The fourth-order valence-electron chi connectivity index (χ4n) is 7.98. The van der Waals surface area contributed by atoms with Gasteiger partial charge in [0.25, 0.3) is 0 Å². The van der Waals surface area contributed by atoms with Gasteiger partial charge < -0.3 is 14.2 Å². The number of unbranched alkanes of at least 4 members (excludes halogenated alkanes) is 33. The summed E-state index contributed by atoms with van der Waals surface area (Å²) in [5, 5.41) is 0. The van der Waals surface area contributed by atoms with Crippen molar-refractivity contribution < 1.29 is 28.6 Å². The fraction of sp³-hybridized carbons (Fsp3) is 0.842. The monoisotopic (exact) mass is 885 g/mol. The Morgan fingerprint density at radius 3 is 0.889 bits per heavy atom. The van der Waals surface area contributed by atoms with E-state index in [9.17, 15) is 14.4 Å². The smallest absolute Gasteiger partial charge is 0.306 e. The van der Waals surface area contributed by atoms with Gasteiger partial charge in [0.05, 0.1) is 0 Å². The first kappa shape index (κ1) is 60.6. The molecule has 0 rings (SSSR count). The second-order valence-corrected chi connectivity index (χ2v) is 18.5. The van der Waals surface area contributed by atoms with Crippen LogP contribution in [0.15, 0.2) is 36.5 Å². The van der Waals surface area contributed by atoms with Crippen molar-refractivity contribution in [3.63, 3.8) is 0 Å². The molecule has 6 heteroatoms. The maximum Gasteiger partial charge on any atom is 0.306 e. The first-order valence-corrected chi connectivity index (χ1v) is 27.5. The Hall–Kier alpha value is -2.37. The van der Waals surface area contributed by atoms with Crippen LogP contribution in [-0.2, 0) is 28.6 Å². The van der Waals surface area contributed by atoms with Crippen LogP contribution in [0.3, 0.4) is 0 Å². The molecule has 0 bridgehead atoms. The Labute approximate surface area is 391 Å². The highest BCUT2D eigenvalue weighted by atomic mass is 16.6. The summed E-state index contributed by atoms with van der Waals surface area (Å²) >= 11 is 0. The van der Waals surface area contributed by atoms with Crippen LogP contribution in [0.25, 0.3) is 0 Å². The van der Waals surface area contributed by atoms with Crippen LogP contribution >= 0.6 is 0 Å². The summed E-state index contributed by atoms with van der Waals surface area (Å²) in [5.41, 5.74) is 0. The minimum Gasteiger partial charge on any atom is -0.462 e. The van der Waals surface area contributed by atoms with Gasteiger partial charge in [-0.1, -0.05) is 250 Å². The van der Waals surface area contributed by atoms with Crippen molar-refractivity contribution in [1.82, 2.24) is 0 Å². The molecule has 0 aliphatic rings. The van der Waals surface area contributed by atoms with Crippen LogP contribution in [0.5, 0.6) is 0 Å². The first-order valence-electron chi connectivity index (χ1n) is 27.5. The molecule has 0 aliphatic heterocycles. The normalized spacial score (nSPS) is 12.2. The SMILES string of the molecule is CCCCCCC/C=C\C/C=C\C/C=C\CCCCCCCCCCCCC(=O)OCC(COC(=O)CCCCCCCCCCC)OC(=O)CCCCCCCCCCCCC. The van der Waals surface area contributed by atoms with E-state index < -0.39 is 6.10 Å². The van der Waals surface area contributed by atoms with Crippen LogP contribution < -0.4 is 0 Å². The lowest BCUT2D eigenvalue weighted by molar-refractivity contribution is -0.167. The molecule has 0 amide bonds. The number of allylic oxidation sites excluding steroid dienone is 6. The van der Waals surface area contributed by atoms with Crippen LogP contribution in [0.1, 0.15) is 290 Å². The molecule has 0 saturated carbocycles. The van der Waals surface area contributed by atoms with Crippen LogP contribution in [0, 0.1) is 0 Å². The Morgan fingerprint density at radius 2 is 0.571 bits per heavy atom. The van der Waals surface area contributed by atoms with E-state index in [1.807, 2.05) is 0 Å². The molecule has 0 fully saturated rings. The summed E-state index contributed by atoms with van der Waals surface area (Å²) in [5.74, 6) is -0.865. The highest BCUT2D eigenvalue weighted by Crippen LogP contribution is 2.16. The Kier molecular flexibility index (Phi) is 50.3. The number of carbonyl (C=O) groups excluding carboxylic acids is 3. The van der Waals surface area contributed by atoms with E-state index >= 15 is 0 Å². The molecule has 0 aromatic rings. The molecule has 0 saturated heterocycles. The number of esters is 3. The van der Waals surface area contributed by atoms with Crippen molar-refractivity contribution in [3.8, 4) is 0 Å². The van der Waals surface area contributed by atoms with E-state index in [0.29, 0.717) is 19.3 Å². The molecule has 368 valence electrons. The third-order valence-corrected chi connectivity index (χ3v) is 12.1. The summed E-state index contributed by atoms with van der Waals surface area (Å²) in [4.78, 5) is 37.9. The molecular weight excluding hydrogens is 781 g/mol. The zero-order chi connectivity index (χ0) is 45.8. The van der Waals surface area contributed by atoms with E-state index in [-0.39, 0.29) is 31.1 Å². The lowest BCUT2D eigenvalue weighted by atomic mass is 10.0. The first-order chi connectivity index (χ1) is 31.0. The van der Waals surface area contributed by atoms with Crippen LogP contribution in [0.2, 0.25) is 0 Å². The van der Waals surface area contributed by atoms with Crippen LogP contribution in [-0.4, -0.2) is 37.2 Å². The summed E-state index contributed by atoms with van der Waals surface area (Å²) in [6.45, 7) is 6.62. The quantitative estimate of drug-likeness (QED) is 0.0262. The van der Waals surface area contributed by atoms with Crippen molar-refractivity contribution in [2.24, 2.45) is 0 Å². The predicted molar refractivity (Wildman–Crippen MR) is 270 cm³/mol. The highest BCUT2D eigenvalue weighted by molar-refractivity contribution is 5.71. The third kappa shape index (κ3) is 50.5. The average molecular weight is 885 g/mol.